The summed E-state index contributed by atoms with van der Waals surface area (Å²) in [6.07, 6.45) is -4.47. The first-order valence-electron chi connectivity index (χ1n) is 5.67. The number of rotatable bonds is 3. The van der Waals surface area contributed by atoms with Crippen molar-refractivity contribution in [3.63, 3.8) is 0 Å². The van der Waals surface area contributed by atoms with E-state index in [-0.39, 0.29) is 17.9 Å². The Kier molecular flexibility index (Phi) is 3.79. The van der Waals surface area contributed by atoms with E-state index in [0.29, 0.717) is 0 Å². The van der Waals surface area contributed by atoms with Crippen molar-refractivity contribution in [2.45, 2.75) is 12.8 Å². The standard InChI is InChI=1S/C15H12F3O/c1-11-6-5-9-13(14(11)15(16,17)18)19-10-12-7-3-2-4-8-12/h2-9H,1,10H2. The summed E-state index contributed by atoms with van der Waals surface area (Å²) < 4.78 is 44.0. The van der Waals surface area contributed by atoms with Crippen molar-refractivity contribution in [1.29, 1.82) is 0 Å². The summed E-state index contributed by atoms with van der Waals surface area (Å²) in [5, 5.41) is 0. The van der Waals surface area contributed by atoms with Gasteiger partial charge in [-0.1, -0.05) is 42.5 Å². The van der Waals surface area contributed by atoms with Crippen LogP contribution >= 0.6 is 0 Å². The molecule has 0 bridgehead atoms. The minimum Gasteiger partial charge on any atom is -0.488 e. The van der Waals surface area contributed by atoms with Crippen LogP contribution < -0.4 is 4.74 Å². The number of halogens is 3. The van der Waals surface area contributed by atoms with E-state index in [1.807, 2.05) is 6.07 Å². The highest BCUT2D eigenvalue weighted by Crippen LogP contribution is 2.38. The lowest BCUT2D eigenvalue weighted by Crippen LogP contribution is -2.10. The topological polar surface area (TPSA) is 9.23 Å². The van der Waals surface area contributed by atoms with E-state index in [2.05, 4.69) is 6.92 Å². The van der Waals surface area contributed by atoms with Crippen LogP contribution in [0.15, 0.2) is 48.5 Å². The molecule has 0 aliphatic rings. The van der Waals surface area contributed by atoms with Gasteiger partial charge in [0.15, 0.2) is 0 Å². The quantitative estimate of drug-likeness (QED) is 0.795. The van der Waals surface area contributed by atoms with E-state index in [0.717, 1.165) is 5.56 Å². The van der Waals surface area contributed by atoms with Crippen molar-refractivity contribution in [1.82, 2.24) is 0 Å². The minimum absolute atomic E-state index is 0.0851. The highest BCUT2D eigenvalue weighted by molar-refractivity contribution is 5.43. The molecule has 0 aliphatic heterocycles. The zero-order chi connectivity index (χ0) is 13.9. The number of benzene rings is 2. The van der Waals surface area contributed by atoms with Crippen LogP contribution in [0, 0.1) is 6.92 Å². The van der Waals surface area contributed by atoms with Gasteiger partial charge in [-0.25, -0.2) is 0 Å². The SMILES string of the molecule is [CH2]c1cccc(OCc2ccccc2)c1C(F)(F)F. The lowest BCUT2D eigenvalue weighted by molar-refractivity contribution is -0.139. The number of ether oxygens (including phenoxy) is 1. The molecule has 0 saturated heterocycles. The van der Waals surface area contributed by atoms with Crippen LogP contribution in [0.5, 0.6) is 5.75 Å². The Bertz CT molecular complexity index is 547. The molecule has 99 valence electrons. The monoisotopic (exact) mass is 265 g/mol. The molecular formula is C15H12F3O. The zero-order valence-electron chi connectivity index (χ0n) is 10.1. The largest absolute Gasteiger partial charge is 0.488 e. The molecule has 0 saturated carbocycles. The Morgan fingerprint density at radius 2 is 1.63 bits per heavy atom. The van der Waals surface area contributed by atoms with Gasteiger partial charge in [-0.3, -0.25) is 0 Å². The fourth-order valence-corrected chi connectivity index (χ4v) is 1.75. The van der Waals surface area contributed by atoms with Gasteiger partial charge in [0, 0.05) is 0 Å². The molecule has 0 N–H and O–H groups in total. The van der Waals surface area contributed by atoms with E-state index in [1.165, 1.54) is 18.2 Å². The van der Waals surface area contributed by atoms with Crippen LogP contribution in [0.1, 0.15) is 16.7 Å². The molecule has 0 atom stereocenters. The van der Waals surface area contributed by atoms with E-state index >= 15 is 0 Å². The fourth-order valence-electron chi connectivity index (χ4n) is 1.75. The van der Waals surface area contributed by atoms with E-state index in [4.69, 9.17) is 4.74 Å². The van der Waals surface area contributed by atoms with Crippen LogP contribution in [0.3, 0.4) is 0 Å². The molecule has 4 heteroatoms. The Morgan fingerprint density at radius 1 is 0.947 bits per heavy atom. The zero-order valence-corrected chi connectivity index (χ0v) is 10.1. The summed E-state index contributed by atoms with van der Waals surface area (Å²) in [5.41, 5.74) is -0.0888. The van der Waals surface area contributed by atoms with Crippen LogP contribution in [-0.4, -0.2) is 0 Å². The number of hydrogen-bond acceptors (Lipinski definition) is 1. The van der Waals surface area contributed by atoms with E-state index in [9.17, 15) is 13.2 Å². The van der Waals surface area contributed by atoms with E-state index < -0.39 is 11.7 Å². The first-order valence-corrected chi connectivity index (χ1v) is 5.67. The highest BCUT2D eigenvalue weighted by Gasteiger charge is 2.36. The maximum Gasteiger partial charge on any atom is 0.420 e. The van der Waals surface area contributed by atoms with Gasteiger partial charge < -0.3 is 4.74 Å². The van der Waals surface area contributed by atoms with E-state index in [1.54, 1.807) is 24.3 Å². The molecular weight excluding hydrogens is 253 g/mol. The average molecular weight is 265 g/mol. The second-order valence-corrected chi connectivity index (χ2v) is 4.06. The average Bonchev–Trinajstić information content (AvgIpc) is 2.36. The lowest BCUT2D eigenvalue weighted by Gasteiger charge is -2.16. The summed E-state index contributed by atoms with van der Waals surface area (Å²) >= 11 is 0. The van der Waals surface area contributed by atoms with Gasteiger partial charge in [0.05, 0.1) is 0 Å². The third-order valence-corrected chi connectivity index (χ3v) is 2.63. The number of alkyl halides is 3. The second-order valence-electron chi connectivity index (χ2n) is 4.06. The molecule has 0 amide bonds. The Morgan fingerprint density at radius 3 is 2.26 bits per heavy atom. The van der Waals surface area contributed by atoms with Gasteiger partial charge in [0.1, 0.15) is 17.9 Å². The summed E-state index contributed by atoms with van der Waals surface area (Å²) in [7, 11) is 0. The predicted octanol–water partition coefficient (Wildman–Crippen LogP) is 4.47. The molecule has 2 aromatic carbocycles. The smallest absolute Gasteiger partial charge is 0.420 e. The predicted molar refractivity (Wildman–Crippen MR) is 66.7 cm³/mol. The maximum atomic E-state index is 12.9. The van der Waals surface area contributed by atoms with Crippen molar-refractivity contribution in [2.75, 3.05) is 0 Å². The second kappa shape index (κ2) is 5.34. The van der Waals surface area contributed by atoms with Crippen molar-refractivity contribution in [3.05, 3.63) is 72.1 Å². The van der Waals surface area contributed by atoms with Gasteiger partial charge in [0.2, 0.25) is 0 Å². The van der Waals surface area contributed by atoms with Crippen molar-refractivity contribution in [2.24, 2.45) is 0 Å². The first-order chi connectivity index (χ1) is 8.98. The Hall–Kier alpha value is -1.97. The van der Waals surface area contributed by atoms with Crippen molar-refractivity contribution < 1.29 is 17.9 Å². The van der Waals surface area contributed by atoms with Crippen LogP contribution in [0.25, 0.3) is 0 Å². The molecule has 0 aliphatic carbocycles. The summed E-state index contributed by atoms with van der Waals surface area (Å²) in [6, 6.07) is 13.2. The van der Waals surface area contributed by atoms with Gasteiger partial charge in [-0.2, -0.15) is 13.2 Å². The first kappa shape index (κ1) is 13.5. The maximum absolute atomic E-state index is 12.9. The van der Waals surface area contributed by atoms with Crippen LogP contribution in [0.2, 0.25) is 0 Å². The normalized spacial score (nSPS) is 11.4. The molecule has 2 rings (SSSR count). The van der Waals surface area contributed by atoms with Crippen molar-refractivity contribution >= 4 is 0 Å². The molecule has 1 radical (unpaired) electrons. The third-order valence-electron chi connectivity index (χ3n) is 2.63. The molecule has 0 spiro atoms. The molecule has 0 unspecified atom stereocenters. The van der Waals surface area contributed by atoms with Gasteiger partial charge >= 0.3 is 6.18 Å². The van der Waals surface area contributed by atoms with Crippen LogP contribution in [0.4, 0.5) is 13.2 Å². The molecule has 0 fully saturated rings. The summed E-state index contributed by atoms with van der Waals surface area (Å²) in [4.78, 5) is 0. The minimum atomic E-state index is -4.47. The van der Waals surface area contributed by atoms with Crippen molar-refractivity contribution in [3.8, 4) is 5.75 Å². The molecule has 1 nitrogen and oxygen atoms in total. The molecule has 0 heterocycles. The summed E-state index contributed by atoms with van der Waals surface area (Å²) in [6.45, 7) is 3.49. The third kappa shape index (κ3) is 3.28. The molecule has 0 aromatic heterocycles. The molecule has 19 heavy (non-hydrogen) atoms. The molecule has 2 aromatic rings. The highest BCUT2D eigenvalue weighted by atomic mass is 19.4. The lowest BCUT2D eigenvalue weighted by atomic mass is 10.1. The van der Waals surface area contributed by atoms with Gasteiger partial charge in [0.25, 0.3) is 0 Å². The number of hydrogen-bond donors (Lipinski definition) is 0. The summed E-state index contributed by atoms with van der Waals surface area (Å²) in [5.74, 6) is -0.191. The van der Waals surface area contributed by atoms with Crippen LogP contribution in [-0.2, 0) is 12.8 Å². The fraction of sp³-hybridized carbons (Fsp3) is 0.133. The van der Waals surface area contributed by atoms with Gasteiger partial charge in [-0.05, 0) is 24.1 Å². The Balaban J connectivity index is 2.24. The Labute approximate surface area is 109 Å². The van der Waals surface area contributed by atoms with Gasteiger partial charge in [-0.15, -0.1) is 0 Å².